The van der Waals surface area contributed by atoms with Gasteiger partial charge in [-0.2, -0.15) is 10.4 Å². The molecule has 1 aromatic carbocycles. The average Bonchev–Trinajstić information content (AvgIpc) is 2.36. The Hall–Kier alpha value is -2.35. The Balaban J connectivity index is 2.68. The zero-order valence-electron chi connectivity index (χ0n) is 9.73. The number of nitriles is 1. The van der Waals surface area contributed by atoms with Crippen molar-refractivity contribution in [2.24, 2.45) is 5.10 Å². The van der Waals surface area contributed by atoms with Crippen molar-refractivity contribution < 1.29 is 9.53 Å². The standard InChI is InChI=1S/C12H13N3O2/c1-9(14-15-12(16)7-8-13)10-3-5-11(17-2)6-4-10/h3-6H,7H2,1-2H3,(H,15,16)/b14-9-. The number of rotatable bonds is 4. The van der Waals surface area contributed by atoms with E-state index in [1.54, 1.807) is 20.1 Å². The van der Waals surface area contributed by atoms with Crippen LogP contribution in [0.2, 0.25) is 0 Å². The molecule has 0 aliphatic heterocycles. The molecule has 0 atom stereocenters. The molecular formula is C12H13N3O2. The SMILES string of the molecule is COc1ccc(/C(C)=N\NC(=O)CC#N)cc1. The van der Waals surface area contributed by atoms with E-state index < -0.39 is 5.91 Å². The molecule has 0 bridgehead atoms. The molecule has 17 heavy (non-hydrogen) atoms. The van der Waals surface area contributed by atoms with E-state index in [9.17, 15) is 4.79 Å². The fourth-order valence-corrected chi connectivity index (χ4v) is 1.15. The van der Waals surface area contributed by atoms with Gasteiger partial charge in [-0.05, 0) is 36.8 Å². The lowest BCUT2D eigenvalue weighted by atomic mass is 10.1. The number of nitrogens with one attached hydrogen (secondary N) is 1. The first kappa shape index (κ1) is 12.7. The topological polar surface area (TPSA) is 74.5 Å². The highest BCUT2D eigenvalue weighted by Crippen LogP contribution is 2.11. The number of amides is 1. The van der Waals surface area contributed by atoms with Crippen LogP contribution in [0.5, 0.6) is 5.75 Å². The zero-order chi connectivity index (χ0) is 12.7. The molecular weight excluding hydrogens is 218 g/mol. The first-order valence-electron chi connectivity index (χ1n) is 5.02. The van der Waals surface area contributed by atoms with Crippen LogP contribution in [0, 0.1) is 11.3 Å². The van der Waals surface area contributed by atoms with Gasteiger partial charge in [-0.15, -0.1) is 0 Å². The Bertz CT molecular complexity index is 458. The van der Waals surface area contributed by atoms with E-state index in [2.05, 4.69) is 10.5 Å². The van der Waals surface area contributed by atoms with Crippen molar-refractivity contribution in [3.63, 3.8) is 0 Å². The van der Waals surface area contributed by atoms with Gasteiger partial charge in [0, 0.05) is 0 Å². The van der Waals surface area contributed by atoms with E-state index in [1.807, 2.05) is 24.3 Å². The Morgan fingerprint density at radius 1 is 1.47 bits per heavy atom. The van der Waals surface area contributed by atoms with Crippen LogP contribution >= 0.6 is 0 Å². The maximum Gasteiger partial charge on any atom is 0.254 e. The summed E-state index contributed by atoms with van der Waals surface area (Å²) in [4.78, 5) is 11.0. The van der Waals surface area contributed by atoms with Gasteiger partial charge >= 0.3 is 0 Å². The van der Waals surface area contributed by atoms with Crippen molar-refractivity contribution in [2.75, 3.05) is 7.11 Å². The number of carbonyl (C=O) groups excluding carboxylic acids is 1. The third-order valence-corrected chi connectivity index (χ3v) is 2.10. The summed E-state index contributed by atoms with van der Waals surface area (Å²) < 4.78 is 5.03. The van der Waals surface area contributed by atoms with E-state index in [4.69, 9.17) is 10.00 Å². The lowest BCUT2D eigenvalue weighted by Gasteiger charge is -2.03. The van der Waals surface area contributed by atoms with Crippen LogP contribution in [0.3, 0.4) is 0 Å². The fourth-order valence-electron chi connectivity index (χ4n) is 1.15. The van der Waals surface area contributed by atoms with Crippen molar-refractivity contribution in [3.8, 4) is 11.8 Å². The fraction of sp³-hybridized carbons (Fsp3) is 0.250. The minimum atomic E-state index is -0.416. The van der Waals surface area contributed by atoms with Gasteiger partial charge in [0.2, 0.25) is 0 Å². The highest BCUT2D eigenvalue weighted by molar-refractivity contribution is 5.99. The van der Waals surface area contributed by atoms with Gasteiger partial charge in [0.1, 0.15) is 12.2 Å². The van der Waals surface area contributed by atoms with Crippen molar-refractivity contribution >= 4 is 11.6 Å². The quantitative estimate of drug-likeness (QED) is 0.629. The number of hydrogen-bond acceptors (Lipinski definition) is 4. The number of ether oxygens (including phenoxy) is 1. The summed E-state index contributed by atoms with van der Waals surface area (Å²) in [6.45, 7) is 1.77. The molecule has 0 saturated heterocycles. The second-order valence-electron chi connectivity index (χ2n) is 3.30. The number of hydrazone groups is 1. The van der Waals surface area contributed by atoms with E-state index >= 15 is 0 Å². The summed E-state index contributed by atoms with van der Waals surface area (Å²) in [5.41, 5.74) is 3.85. The predicted molar refractivity (Wildman–Crippen MR) is 63.6 cm³/mol. The van der Waals surface area contributed by atoms with Gasteiger partial charge in [0.15, 0.2) is 0 Å². The summed E-state index contributed by atoms with van der Waals surface area (Å²) in [5, 5.41) is 12.2. The van der Waals surface area contributed by atoms with Gasteiger partial charge < -0.3 is 4.74 Å². The van der Waals surface area contributed by atoms with Gasteiger partial charge in [0.05, 0.1) is 18.9 Å². The molecule has 1 rings (SSSR count). The molecule has 88 valence electrons. The van der Waals surface area contributed by atoms with Crippen LogP contribution < -0.4 is 10.2 Å². The van der Waals surface area contributed by atoms with Gasteiger partial charge in [-0.1, -0.05) is 0 Å². The number of methoxy groups -OCH3 is 1. The van der Waals surface area contributed by atoms with Crippen molar-refractivity contribution in [2.45, 2.75) is 13.3 Å². The summed E-state index contributed by atoms with van der Waals surface area (Å²) in [5.74, 6) is 0.343. The summed E-state index contributed by atoms with van der Waals surface area (Å²) >= 11 is 0. The summed E-state index contributed by atoms with van der Waals surface area (Å²) in [7, 11) is 1.60. The molecule has 0 aliphatic rings. The maximum atomic E-state index is 11.0. The van der Waals surface area contributed by atoms with Crippen molar-refractivity contribution in [1.29, 1.82) is 5.26 Å². The minimum absolute atomic E-state index is 0.195. The lowest BCUT2D eigenvalue weighted by molar-refractivity contribution is -0.120. The number of nitrogens with zero attached hydrogens (tertiary/aromatic N) is 2. The third-order valence-electron chi connectivity index (χ3n) is 2.10. The molecule has 0 fully saturated rings. The van der Waals surface area contributed by atoms with Crippen LogP contribution in [0.4, 0.5) is 0 Å². The third kappa shape index (κ3) is 3.95. The van der Waals surface area contributed by atoms with Crippen LogP contribution in [-0.2, 0) is 4.79 Å². The first-order valence-corrected chi connectivity index (χ1v) is 5.02. The average molecular weight is 231 g/mol. The zero-order valence-corrected chi connectivity index (χ0v) is 9.73. The van der Waals surface area contributed by atoms with Gasteiger partial charge in [0.25, 0.3) is 5.91 Å². The molecule has 0 saturated carbocycles. The smallest absolute Gasteiger partial charge is 0.254 e. The first-order chi connectivity index (χ1) is 8.17. The van der Waals surface area contributed by atoms with Crippen LogP contribution in [0.25, 0.3) is 0 Å². The second kappa shape index (κ2) is 6.28. The molecule has 1 N–H and O–H groups in total. The normalized spacial score (nSPS) is 10.5. The minimum Gasteiger partial charge on any atom is -0.497 e. The largest absolute Gasteiger partial charge is 0.497 e. The number of benzene rings is 1. The van der Waals surface area contributed by atoms with Crippen LogP contribution in [-0.4, -0.2) is 18.7 Å². The molecule has 0 aromatic heterocycles. The van der Waals surface area contributed by atoms with E-state index in [1.165, 1.54) is 0 Å². The summed E-state index contributed by atoms with van der Waals surface area (Å²) in [6, 6.07) is 9.05. The number of carbonyl (C=O) groups is 1. The van der Waals surface area contributed by atoms with Crippen molar-refractivity contribution in [1.82, 2.24) is 5.43 Å². The van der Waals surface area contributed by atoms with Gasteiger partial charge in [-0.25, -0.2) is 5.43 Å². The molecule has 1 amide bonds. The monoisotopic (exact) mass is 231 g/mol. The van der Waals surface area contributed by atoms with E-state index in [0.717, 1.165) is 11.3 Å². The lowest BCUT2D eigenvalue weighted by Crippen LogP contribution is -2.18. The molecule has 5 nitrogen and oxygen atoms in total. The molecule has 0 spiro atoms. The Morgan fingerprint density at radius 3 is 2.65 bits per heavy atom. The molecule has 0 aliphatic carbocycles. The predicted octanol–water partition coefficient (Wildman–Crippen LogP) is 1.45. The molecule has 0 heterocycles. The Labute approximate surface area is 99.7 Å². The molecule has 1 aromatic rings. The molecule has 0 radical (unpaired) electrons. The molecule has 0 unspecified atom stereocenters. The van der Waals surface area contributed by atoms with Gasteiger partial charge in [-0.3, -0.25) is 4.79 Å². The Morgan fingerprint density at radius 2 is 2.12 bits per heavy atom. The van der Waals surface area contributed by atoms with Crippen LogP contribution in [0.15, 0.2) is 29.4 Å². The van der Waals surface area contributed by atoms with Crippen LogP contribution in [0.1, 0.15) is 18.9 Å². The highest BCUT2D eigenvalue weighted by atomic mass is 16.5. The highest BCUT2D eigenvalue weighted by Gasteiger charge is 2.00. The second-order valence-corrected chi connectivity index (χ2v) is 3.30. The number of hydrogen-bond donors (Lipinski definition) is 1. The molecule has 5 heteroatoms. The van der Waals surface area contributed by atoms with Crippen molar-refractivity contribution in [3.05, 3.63) is 29.8 Å². The summed E-state index contributed by atoms with van der Waals surface area (Å²) in [6.07, 6.45) is -0.195. The maximum absolute atomic E-state index is 11.0. The van der Waals surface area contributed by atoms with E-state index in [-0.39, 0.29) is 6.42 Å². The Kier molecular flexibility index (Phi) is 4.70. The van der Waals surface area contributed by atoms with E-state index in [0.29, 0.717) is 5.71 Å².